The van der Waals surface area contributed by atoms with Crippen molar-refractivity contribution in [1.82, 2.24) is 4.98 Å². The summed E-state index contributed by atoms with van der Waals surface area (Å²) in [5.74, 6) is -0.674. The molecule has 1 aromatic carbocycles. The fourth-order valence-electron chi connectivity index (χ4n) is 1.87. The van der Waals surface area contributed by atoms with Gasteiger partial charge in [0.1, 0.15) is 11.4 Å². The van der Waals surface area contributed by atoms with Crippen LogP contribution < -0.4 is 10.2 Å². The maximum atomic E-state index is 12.1. The standard InChI is InChI=1S/C13H13NO4/c1-3-18-9-6-4-5-8-11(9)14-10(13(16)17)7(2)12(8)15/h4-6H,3H2,1-2H3,(H,14,15)(H,16,17). The van der Waals surface area contributed by atoms with E-state index in [-0.39, 0.29) is 16.7 Å². The van der Waals surface area contributed by atoms with Gasteiger partial charge in [-0.15, -0.1) is 0 Å². The van der Waals surface area contributed by atoms with Crippen LogP contribution in [0.1, 0.15) is 23.0 Å². The Morgan fingerprint density at radius 1 is 1.44 bits per heavy atom. The van der Waals surface area contributed by atoms with Crippen molar-refractivity contribution in [1.29, 1.82) is 0 Å². The van der Waals surface area contributed by atoms with E-state index in [2.05, 4.69) is 4.98 Å². The molecular weight excluding hydrogens is 234 g/mol. The van der Waals surface area contributed by atoms with Crippen LogP contribution in [0.5, 0.6) is 5.75 Å². The molecule has 0 radical (unpaired) electrons. The summed E-state index contributed by atoms with van der Waals surface area (Å²) in [6.45, 7) is 3.76. The fourth-order valence-corrected chi connectivity index (χ4v) is 1.87. The number of para-hydroxylation sites is 1. The predicted octanol–water partition coefficient (Wildman–Crippen LogP) is 1.93. The van der Waals surface area contributed by atoms with Crippen molar-refractivity contribution in [2.24, 2.45) is 0 Å². The molecule has 2 aromatic rings. The maximum absolute atomic E-state index is 12.1. The lowest BCUT2D eigenvalue weighted by Crippen LogP contribution is -2.15. The quantitative estimate of drug-likeness (QED) is 0.868. The van der Waals surface area contributed by atoms with Crippen molar-refractivity contribution >= 4 is 16.9 Å². The van der Waals surface area contributed by atoms with Gasteiger partial charge in [0, 0.05) is 10.9 Å². The second-order valence-corrected chi connectivity index (χ2v) is 3.87. The number of carbonyl (C=O) groups is 1. The van der Waals surface area contributed by atoms with Crippen LogP contribution in [0.25, 0.3) is 10.9 Å². The van der Waals surface area contributed by atoms with Gasteiger partial charge >= 0.3 is 5.97 Å². The van der Waals surface area contributed by atoms with Crippen molar-refractivity contribution in [3.8, 4) is 5.75 Å². The summed E-state index contributed by atoms with van der Waals surface area (Å²) in [5, 5.41) is 9.49. The van der Waals surface area contributed by atoms with Gasteiger partial charge in [0.25, 0.3) is 0 Å². The molecule has 1 aromatic heterocycles. The number of benzene rings is 1. The van der Waals surface area contributed by atoms with E-state index >= 15 is 0 Å². The van der Waals surface area contributed by atoms with E-state index in [9.17, 15) is 9.59 Å². The van der Waals surface area contributed by atoms with Gasteiger partial charge in [0.2, 0.25) is 0 Å². The molecule has 0 aliphatic carbocycles. The Hall–Kier alpha value is -2.30. The first-order chi connectivity index (χ1) is 8.56. The molecule has 0 unspecified atom stereocenters. The predicted molar refractivity (Wildman–Crippen MR) is 67.4 cm³/mol. The van der Waals surface area contributed by atoms with Crippen LogP contribution in [0.3, 0.4) is 0 Å². The number of carboxylic acids is 1. The van der Waals surface area contributed by atoms with E-state index in [4.69, 9.17) is 9.84 Å². The first-order valence-corrected chi connectivity index (χ1v) is 5.58. The number of carboxylic acid groups (broad SMARTS) is 1. The highest BCUT2D eigenvalue weighted by atomic mass is 16.5. The van der Waals surface area contributed by atoms with Crippen LogP contribution in [0.2, 0.25) is 0 Å². The van der Waals surface area contributed by atoms with Gasteiger partial charge in [0.05, 0.1) is 12.1 Å². The third-order valence-corrected chi connectivity index (χ3v) is 2.75. The van der Waals surface area contributed by atoms with Crippen LogP contribution in [0.4, 0.5) is 0 Å². The highest BCUT2D eigenvalue weighted by Gasteiger charge is 2.15. The SMILES string of the molecule is CCOc1cccc2c(=O)c(C)c(C(=O)O)[nH]c12. The average Bonchev–Trinajstić information content (AvgIpc) is 2.34. The second-order valence-electron chi connectivity index (χ2n) is 3.87. The molecule has 0 saturated carbocycles. The number of fused-ring (bicyclic) bond motifs is 1. The smallest absolute Gasteiger partial charge is 0.352 e. The summed E-state index contributed by atoms with van der Waals surface area (Å²) < 4.78 is 5.39. The van der Waals surface area contributed by atoms with E-state index in [1.165, 1.54) is 6.92 Å². The minimum atomic E-state index is -1.15. The minimum absolute atomic E-state index is 0.0975. The zero-order valence-electron chi connectivity index (χ0n) is 10.1. The normalized spacial score (nSPS) is 10.6. The minimum Gasteiger partial charge on any atom is -0.492 e. The first-order valence-electron chi connectivity index (χ1n) is 5.58. The van der Waals surface area contributed by atoms with Crippen LogP contribution in [-0.4, -0.2) is 22.7 Å². The highest BCUT2D eigenvalue weighted by molar-refractivity contribution is 5.93. The Morgan fingerprint density at radius 3 is 2.78 bits per heavy atom. The van der Waals surface area contributed by atoms with E-state index < -0.39 is 5.97 Å². The number of nitrogens with one attached hydrogen (secondary N) is 1. The molecule has 2 rings (SSSR count). The number of ether oxygens (including phenoxy) is 1. The molecule has 0 saturated heterocycles. The molecule has 94 valence electrons. The monoisotopic (exact) mass is 247 g/mol. The molecule has 0 amide bonds. The maximum Gasteiger partial charge on any atom is 0.352 e. The lowest BCUT2D eigenvalue weighted by molar-refractivity contribution is 0.0690. The topological polar surface area (TPSA) is 79.4 Å². The van der Waals surface area contributed by atoms with Crippen molar-refractivity contribution in [3.63, 3.8) is 0 Å². The Kier molecular flexibility index (Phi) is 3.06. The fraction of sp³-hybridized carbons (Fsp3) is 0.231. The Labute approximate surface area is 103 Å². The number of pyridine rings is 1. The van der Waals surface area contributed by atoms with Crippen LogP contribution in [0.15, 0.2) is 23.0 Å². The third kappa shape index (κ3) is 1.84. The first kappa shape index (κ1) is 12.2. The van der Waals surface area contributed by atoms with E-state index in [1.54, 1.807) is 18.2 Å². The zero-order chi connectivity index (χ0) is 13.3. The molecule has 5 nitrogen and oxygen atoms in total. The molecule has 18 heavy (non-hydrogen) atoms. The molecule has 0 aliphatic heterocycles. The van der Waals surface area contributed by atoms with Crippen molar-refractivity contribution in [2.75, 3.05) is 6.61 Å². The third-order valence-electron chi connectivity index (χ3n) is 2.75. The Balaban J connectivity index is 2.87. The van der Waals surface area contributed by atoms with Gasteiger partial charge in [-0.2, -0.15) is 0 Å². The number of hydrogen-bond acceptors (Lipinski definition) is 3. The van der Waals surface area contributed by atoms with Crippen LogP contribution in [0, 0.1) is 6.92 Å². The number of aromatic nitrogens is 1. The van der Waals surface area contributed by atoms with Crippen molar-refractivity contribution in [2.45, 2.75) is 13.8 Å². The van der Waals surface area contributed by atoms with Gasteiger partial charge < -0.3 is 14.8 Å². The number of rotatable bonds is 3. The number of hydrogen-bond donors (Lipinski definition) is 2. The Morgan fingerprint density at radius 2 is 2.17 bits per heavy atom. The lowest BCUT2D eigenvalue weighted by Gasteiger charge is -2.09. The van der Waals surface area contributed by atoms with Gasteiger partial charge in [-0.1, -0.05) is 6.07 Å². The van der Waals surface area contributed by atoms with E-state index in [1.807, 2.05) is 6.92 Å². The van der Waals surface area contributed by atoms with E-state index in [0.29, 0.717) is 23.3 Å². The van der Waals surface area contributed by atoms with Crippen LogP contribution in [-0.2, 0) is 0 Å². The number of aromatic amines is 1. The van der Waals surface area contributed by atoms with Gasteiger partial charge in [-0.3, -0.25) is 4.79 Å². The zero-order valence-corrected chi connectivity index (χ0v) is 10.1. The number of H-pyrrole nitrogens is 1. The van der Waals surface area contributed by atoms with Crippen molar-refractivity contribution < 1.29 is 14.6 Å². The van der Waals surface area contributed by atoms with Gasteiger partial charge in [-0.25, -0.2) is 4.79 Å². The molecule has 5 heteroatoms. The largest absolute Gasteiger partial charge is 0.492 e. The number of aromatic carboxylic acids is 1. The molecule has 0 atom stereocenters. The highest BCUT2D eigenvalue weighted by Crippen LogP contribution is 2.22. The van der Waals surface area contributed by atoms with Gasteiger partial charge in [-0.05, 0) is 26.0 Å². The van der Waals surface area contributed by atoms with Crippen LogP contribution >= 0.6 is 0 Å². The summed E-state index contributed by atoms with van der Waals surface area (Å²) in [6, 6.07) is 5.06. The summed E-state index contributed by atoms with van der Waals surface area (Å²) in [7, 11) is 0. The molecule has 2 N–H and O–H groups in total. The molecule has 0 aliphatic rings. The van der Waals surface area contributed by atoms with Gasteiger partial charge in [0.15, 0.2) is 5.43 Å². The molecule has 0 spiro atoms. The Bertz CT molecular complexity index is 672. The molecule has 1 heterocycles. The summed E-state index contributed by atoms with van der Waals surface area (Å²) >= 11 is 0. The summed E-state index contributed by atoms with van der Waals surface area (Å²) in [5.41, 5.74) is 0.235. The summed E-state index contributed by atoms with van der Waals surface area (Å²) in [6.07, 6.45) is 0. The molecular formula is C13H13NO4. The van der Waals surface area contributed by atoms with Crippen molar-refractivity contribution in [3.05, 3.63) is 39.7 Å². The molecule has 0 bridgehead atoms. The molecule has 0 fully saturated rings. The average molecular weight is 247 g/mol. The van der Waals surface area contributed by atoms with E-state index in [0.717, 1.165) is 0 Å². The lowest BCUT2D eigenvalue weighted by atomic mass is 10.1. The summed E-state index contributed by atoms with van der Waals surface area (Å²) in [4.78, 5) is 25.9. The second kappa shape index (κ2) is 4.52.